The van der Waals surface area contributed by atoms with E-state index in [4.69, 9.17) is 5.73 Å². The number of carbonyl (C=O) groups is 1. The molecule has 4 aromatic rings. The Hall–Kier alpha value is -3.21. The summed E-state index contributed by atoms with van der Waals surface area (Å²) in [5.41, 5.74) is 8.39. The zero-order valence-corrected chi connectivity index (χ0v) is 14.7. The molecule has 5 heteroatoms. The summed E-state index contributed by atoms with van der Waals surface area (Å²) in [6.07, 6.45) is 0.796. The maximum Gasteiger partial charge on any atom is 0.249 e. The summed E-state index contributed by atoms with van der Waals surface area (Å²) in [6.45, 7) is 2.02. The van der Waals surface area contributed by atoms with Gasteiger partial charge in [0.25, 0.3) is 0 Å². The molecule has 0 unspecified atom stereocenters. The third-order valence-electron chi connectivity index (χ3n) is 4.91. The molecule has 3 aromatic carbocycles. The Labute approximate surface area is 155 Å². The topological polar surface area (TPSA) is 48.0 Å². The van der Waals surface area contributed by atoms with Crippen molar-refractivity contribution in [3.05, 3.63) is 82.9 Å². The summed E-state index contributed by atoms with van der Waals surface area (Å²) in [5.74, 6) is -1.76. The van der Waals surface area contributed by atoms with Crippen molar-refractivity contribution in [1.29, 1.82) is 0 Å². The number of carbonyl (C=O) groups excluding carboxylic acids is 1. The lowest BCUT2D eigenvalue weighted by Crippen LogP contribution is -2.11. The van der Waals surface area contributed by atoms with Crippen molar-refractivity contribution in [3.63, 3.8) is 0 Å². The van der Waals surface area contributed by atoms with Crippen LogP contribution in [0.25, 0.3) is 21.8 Å². The molecule has 0 aliphatic heterocycles. The number of fused-ring (bicyclic) bond motifs is 3. The van der Waals surface area contributed by atoms with E-state index in [1.165, 1.54) is 18.2 Å². The fourth-order valence-electron chi connectivity index (χ4n) is 3.52. The van der Waals surface area contributed by atoms with Gasteiger partial charge in [-0.05, 0) is 48.4 Å². The summed E-state index contributed by atoms with van der Waals surface area (Å²) in [6, 6.07) is 16.1. The zero-order chi connectivity index (χ0) is 19.1. The molecule has 0 aliphatic rings. The van der Waals surface area contributed by atoms with E-state index in [1.54, 1.807) is 12.1 Å². The van der Waals surface area contributed by atoms with E-state index in [2.05, 4.69) is 6.07 Å². The maximum atomic E-state index is 14.3. The normalized spacial score (nSPS) is 11.4. The van der Waals surface area contributed by atoms with E-state index in [0.29, 0.717) is 21.9 Å². The van der Waals surface area contributed by atoms with Gasteiger partial charge in [-0.3, -0.25) is 4.79 Å². The Morgan fingerprint density at radius 3 is 2.48 bits per heavy atom. The van der Waals surface area contributed by atoms with Crippen LogP contribution in [0.2, 0.25) is 0 Å². The minimum atomic E-state index is -0.605. The van der Waals surface area contributed by atoms with Crippen LogP contribution in [0.15, 0.2) is 48.5 Å². The molecule has 1 amide bonds. The van der Waals surface area contributed by atoms with Crippen LogP contribution in [0.3, 0.4) is 0 Å². The number of aryl methyl sites for hydroxylation is 1. The maximum absolute atomic E-state index is 14.3. The second-order valence-corrected chi connectivity index (χ2v) is 6.47. The standard InChI is InChI=1S/C22H17F2N2O/c1-2-13-9-10-14-20(11-13)26(12-16-17(23)6-4-7-18(16)24)19-8-3-5-15(21(14)19)22(25)27/h3-9,11H,2,12H2,1H3,(H2,25,27). The highest BCUT2D eigenvalue weighted by Gasteiger charge is 2.19. The summed E-state index contributed by atoms with van der Waals surface area (Å²) in [5, 5.41) is 1.37. The predicted octanol–water partition coefficient (Wildman–Crippen LogP) is 4.58. The van der Waals surface area contributed by atoms with Crippen LogP contribution in [0.4, 0.5) is 8.78 Å². The lowest BCUT2D eigenvalue weighted by atomic mass is 10.0. The summed E-state index contributed by atoms with van der Waals surface area (Å²) in [4.78, 5) is 11.9. The van der Waals surface area contributed by atoms with Gasteiger partial charge in [0.1, 0.15) is 11.6 Å². The van der Waals surface area contributed by atoms with Crippen molar-refractivity contribution in [3.8, 4) is 0 Å². The molecule has 0 aliphatic carbocycles. The fourth-order valence-corrected chi connectivity index (χ4v) is 3.52. The van der Waals surface area contributed by atoms with Gasteiger partial charge in [-0.1, -0.05) is 25.1 Å². The first-order valence-corrected chi connectivity index (χ1v) is 8.69. The number of hydrogen-bond acceptors (Lipinski definition) is 1. The number of nitrogens with two attached hydrogens (primary N) is 1. The molecule has 0 fully saturated rings. The van der Waals surface area contributed by atoms with E-state index in [-0.39, 0.29) is 12.1 Å². The molecule has 4 rings (SSSR count). The van der Waals surface area contributed by atoms with Gasteiger partial charge in [0.15, 0.2) is 0 Å². The molecule has 2 N–H and O–H groups in total. The van der Waals surface area contributed by atoms with Gasteiger partial charge in [0.2, 0.25) is 5.91 Å². The van der Waals surface area contributed by atoms with Crippen molar-refractivity contribution in [2.24, 2.45) is 5.73 Å². The van der Waals surface area contributed by atoms with Gasteiger partial charge in [-0.2, -0.15) is 0 Å². The number of nitrogens with zero attached hydrogens (tertiary/aromatic N) is 1. The quantitative estimate of drug-likeness (QED) is 0.567. The van der Waals surface area contributed by atoms with Gasteiger partial charge < -0.3 is 10.3 Å². The number of halogens is 2. The molecule has 3 nitrogen and oxygen atoms in total. The second-order valence-electron chi connectivity index (χ2n) is 6.47. The van der Waals surface area contributed by atoms with Gasteiger partial charge in [0.05, 0.1) is 17.6 Å². The second kappa shape index (κ2) is 6.50. The average Bonchev–Trinajstić information content (AvgIpc) is 2.97. The highest BCUT2D eigenvalue weighted by Crippen LogP contribution is 2.33. The van der Waals surface area contributed by atoms with Gasteiger partial charge in [-0.25, -0.2) is 8.78 Å². The van der Waals surface area contributed by atoms with Gasteiger partial charge in [0, 0.05) is 21.9 Å². The predicted molar refractivity (Wildman–Crippen MR) is 102 cm³/mol. The van der Waals surface area contributed by atoms with Crippen molar-refractivity contribution < 1.29 is 13.6 Å². The molecule has 0 spiro atoms. The largest absolute Gasteiger partial charge is 0.366 e. The fraction of sp³-hybridized carbons (Fsp3) is 0.136. The first-order chi connectivity index (χ1) is 13.0. The first-order valence-electron chi connectivity index (χ1n) is 8.69. The number of primary amides is 1. The minimum absolute atomic E-state index is 0.00172. The Kier molecular flexibility index (Phi) is 4.15. The Bertz CT molecular complexity index is 1170. The van der Waals surface area contributed by atoms with Crippen LogP contribution in [0.1, 0.15) is 28.4 Å². The van der Waals surface area contributed by atoms with Crippen molar-refractivity contribution >= 4 is 27.7 Å². The molecule has 0 atom stereocenters. The molecular weight excluding hydrogens is 346 g/mol. The first kappa shape index (κ1) is 17.2. The Morgan fingerprint density at radius 2 is 1.81 bits per heavy atom. The van der Waals surface area contributed by atoms with E-state index in [1.807, 2.05) is 29.7 Å². The third kappa shape index (κ3) is 2.76. The van der Waals surface area contributed by atoms with Crippen LogP contribution < -0.4 is 5.73 Å². The van der Waals surface area contributed by atoms with E-state index < -0.39 is 17.5 Å². The molecule has 27 heavy (non-hydrogen) atoms. The number of rotatable bonds is 4. The lowest BCUT2D eigenvalue weighted by Gasteiger charge is -2.10. The number of aromatic nitrogens is 1. The summed E-state index contributed by atoms with van der Waals surface area (Å²) >= 11 is 0. The molecule has 1 heterocycles. The summed E-state index contributed by atoms with van der Waals surface area (Å²) < 4.78 is 30.3. The van der Waals surface area contributed by atoms with Crippen LogP contribution in [0.5, 0.6) is 0 Å². The van der Waals surface area contributed by atoms with Gasteiger partial charge in [-0.15, -0.1) is 0 Å². The molecule has 0 saturated carbocycles. The third-order valence-corrected chi connectivity index (χ3v) is 4.91. The minimum Gasteiger partial charge on any atom is -0.366 e. The van der Waals surface area contributed by atoms with Gasteiger partial charge >= 0.3 is 0 Å². The van der Waals surface area contributed by atoms with Crippen molar-refractivity contribution in [2.45, 2.75) is 19.9 Å². The Balaban J connectivity index is 2.08. The van der Waals surface area contributed by atoms with Crippen LogP contribution >= 0.6 is 0 Å². The van der Waals surface area contributed by atoms with Crippen LogP contribution in [-0.2, 0) is 13.0 Å². The van der Waals surface area contributed by atoms with E-state index in [0.717, 1.165) is 17.5 Å². The highest BCUT2D eigenvalue weighted by molar-refractivity contribution is 6.17. The van der Waals surface area contributed by atoms with Crippen molar-refractivity contribution in [2.75, 3.05) is 0 Å². The van der Waals surface area contributed by atoms with Crippen LogP contribution in [0, 0.1) is 17.7 Å². The molecular formula is C22H17F2N2O. The zero-order valence-electron chi connectivity index (χ0n) is 14.7. The van der Waals surface area contributed by atoms with Crippen molar-refractivity contribution in [1.82, 2.24) is 4.57 Å². The smallest absolute Gasteiger partial charge is 0.249 e. The molecule has 0 bridgehead atoms. The monoisotopic (exact) mass is 363 g/mol. The van der Waals surface area contributed by atoms with E-state index >= 15 is 0 Å². The molecule has 135 valence electrons. The molecule has 1 aromatic heterocycles. The molecule has 1 radical (unpaired) electrons. The molecule has 0 saturated heterocycles. The van der Waals surface area contributed by atoms with E-state index in [9.17, 15) is 13.6 Å². The lowest BCUT2D eigenvalue weighted by molar-refractivity contribution is 0.100. The van der Waals surface area contributed by atoms with Crippen LogP contribution in [-0.4, -0.2) is 10.5 Å². The summed E-state index contributed by atoms with van der Waals surface area (Å²) in [7, 11) is 0. The number of benzene rings is 3. The highest BCUT2D eigenvalue weighted by atomic mass is 19.1. The number of hydrogen-bond donors (Lipinski definition) is 1. The SMILES string of the molecule is CCc1c[c]c2c3c(C(N)=O)cccc3n(Cc3c(F)cccc3F)c2c1. The average molecular weight is 363 g/mol. The number of amides is 1. The Morgan fingerprint density at radius 1 is 1.11 bits per heavy atom.